The van der Waals surface area contributed by atoms with E-state index in [1.807, 2.05) is 0 Å². The molecule has 128 valence electrons. The van der Waals surface area contributed by atoms with Gasteiger partial charge in [0.25, 0.3) is 0 Å². The van der Waals surface area contributed by atoms with Gasteiger partial charge in [-0.05, 0) is 12.8 Å². The van der Waals surface area contributed by atoms with Gasteiger partial charge in [0.05, 0.1) is 0 Å². The van der Waals surface area contributed by atoms with Crippen LogP contribution in [0.1, 0.15) is 38.5 Å². The Bertz CT molecular complexity index is 342. The van der Waals surface area contributed by atoms with Crippen LogP contribution < -0.4 is 0 Å². The number of carboxylic acids is 4. The Morgan fingerprint density at radius 1 is 0.591 bits per heavy atom. The van der Waals surface area contributed by atoms with E-state index in [-0.39, 0.29) is 12.8 Å². The zero-order chi connectivity index (χ0) is 17.7. The number of hydrogen-bond acceptors (Lipinski definition) is 6. The zero-order valence-corrected chi connectivity index (χ0v) is 11.7. The van der Waals surface area contributed by atoms with E-state index in [2.05, 4.69) is 0 Å². The molecule has 22 heavy (non-hydrogen) atoms. The van der Waals surface area contributed by atoms with Gasteiger partial charge < -0.3 is 30.6 Å². The van der Waals surface area contributed by atoms with Crippen molar-refractivity contribution in [1.82, 2.24) is 0 Å². The number of aliphatic carboxylic acids is 4. The molecular formula is C12H20O10. The Hall–Kier alpha value is -2.20. The highest BCUT2D eigenvalue weighted by atomic mass is 16.4. The van der Waals surface area contributed by atoms with Gasteiger partial charge in [0.15, 0.2) is 12.2 Å². The number of carbonyl (C=O) groups is 4. The van der Waals surface area contributed by atoms with Crippen LogP contribution in [0.25, 0.3) is 0 Å². The molecule has 6 N–H and O–H groups in total. The van der Waals surface area contributed by atoms with Crippen molar-refractivity contribution in [2.75, 3.05) is 0 Å². The molecule has 0 aromatic carbocycles. The third-order valence-electron chi connectivity index (χ3n) is 2.34. The first-order valence-corrected chi connectivity index (χ1v) is 6.35. The third kappa shape index (κ3) is 14.2. The Kier molecular flexibility index (Phi) is 12.6. The molecule has 0 spiro atoms. The molecule has 0 aromatic heterocycles. The number of aliphatic hydroxyl groups excluding tert-OH is 2. The van der Waals surface area contributed by atoms with Gasteiger partial charge in [-0.3, -0.25) is 9.59 Å². The van der Waals surface area contributed by atoms with Crippen LogP contribution in [0.3, 0.4) is 0 Å². The summed E-state index contributed by atoms with van der Waals surface area (Å²) in [7, 11) is 0. The van der Waals surface area contributed by atoms with Crippen LogP contribution >= 0.6 is 0 Å². The fraction of sp³-hybridized carbons (Fsp3) is 0.667. The fourth-order valence-electron chi connectivity index (χ4n) is 1.18. The van der Waals surface area contributed by atoms with Gasteiger partial charge in [0.1, 0.15) is 0 Å². The predicted molar refractivity (Wildman–Crippen MR) is 70.3 cm³/mol. The first-order valence-electron chi connectivity index (χ1n) is 6.35. The molecule has 0 rings (SSSR count). The van der Waals surface area contributed by atoms with Gasteiger partial charge >= 0.3 is 23.9 Å². The molecule has 2 unspecified atom stereocenters. The van der Waals surface area contributed by atoms with Crippen LogP contribution in [0.15, 0.2) is 0 Å². The summed E-state index contributed by atoms with van der Waals surface area (Å²) in [6, 6.07) is 0. The van der Waals surface area contributed by atoms with E-state index in [4.69, 9.17) is 30.6 Å². The van der Waals surface area contributed by atoms with E-state index in [1.54, 1.807) is 0 Å². The van der Waals surface area contributed by atoms with Crippen LogP contribution in [0, 0.1) is 0 Å². The molecular weight excluding hydrogens is 304 g/mol. The van der Waals surface area contributed by atoms with Crippen LogP contribution in [-0.4, -0.2) is 66.7 Å². The molecule has 0 aromatic rings. The molecule has 0 amide bonds. The first-order chi connectivity index (χ1) is 10.1. The molecule has 10 heteroatoms. The van der Waals surface area contributed by atoms with Crippen molar-refractivity contribution in [2.45, 2.75) is 50.7 Å². The molecule has 0 fully saturated rings. The fourth-order valence-corrected chi connectivity index (χ4v) is 1.18. The van der Waals surface area contributed by atoms with E-state index in [9.17, 15) is 19.2 Å². The number of carboxylic acid groups (broad SMARTS) is 4. The third-order valence-corrected chi connectivity index (χ3v) is 2.34. The van der Waals surface area contributed by atoms with Gasteiger partial charge in [-0.2, -0.15) is 0 Å². The van der Waals surface area contributed by atoms with Crippen molar-refractivity contribution in [3.63, 3.8) is 0 Å². The lowest BCUT2D eigenvalue weighted by molar-refractivity contribution is -0.165. The number of unbranched alkanes of at least 4 members (excludes halogenated alkanes) is 3. The van der Waals surface area contributed by atoms with Crippen LogP contribution in [0.5, 0.6) is 0 Å². The summed E-state index contributed by atoms with van der Waals surface area (Å²) in [6.45, 7) is 0. The zero-order valence-electron chi connectivity index (χ0n) is 11.7. The molecule has 0 aliphatic carbocycles. The first kappa shape index (κ1) is 22.1. The van der Waals surface area contributed by atoms with Crippen molar-refractivity contribution in [2.24, 2.45) is 0 Å². The summed E-state index contributed by atoms with van der Waals surface area (Å²) in [4.78, 5) is 39.6. The van der Waals surface area contributed by atoms with Gasteiger partial charge in [-0.15, -0.1) is 0 Å². The summed E-state index contributed by atoms with van der Waals surface area (Å²) < 4.78 is 0. The second kappa shape index (κ2) is 12.5. The van der Waals surface area contributed by atoms with Crippen molar-refractivity contribution in [1.29, 1.82) is 0 Å². The van der Waals surface area contributed by atoms with Crippen molar-refractivity contribution >= 4 is 23.9 Å². The molecule has 0 bridgehead atoms. The lowest BCUT2D eigenvalue weighted by Gasteiger charge is -2.07. The second-order valence-electron chi connectivity index (χ2n) is 4.27. The summed E-state index contributed by atoms with van der Waals surface area (Å²) in [6.07, 6.45) is -1.25. The Labute approximate surface area is 125 Å². The lowest BCUT2D eigenvalue weighted by atomic mass is 10.1. The Balaban J connectivity index is 0. The molecule has 0 heterocycles. The average Bonchev–Trinajstić information content (AvgIpc) is 2.40. The maximum atomic E-state index is 10.0. The minimum absolute atomic E-state index is 0.188. The SMILES string of the molecule is O=C(O)C(O)C(O)C(=O)O.O=C(O)CCCCCCC(=O)O. The molecule has 0 aliphatic rings. The summed E-state index contributed by atoms with van der Waals surface area (Å²) in [5.74, 6) is -5.11. The van der Waals surface area contributed by atoms with Crippen molar-refractivity contribution in [3.05, 3.63) is 0 Å². The van der Waals surface area contributed by atoms with E-state index in [1.165, 1.54) is 0 Å². The number of aliphatic hydroxyl groups is 2. The predicted octanol–water partition coefficient (Wildman–Crippen LogP) is -0.626. The minimum Gasteiger partial charge on any atom is -0.481 e. The van der Waals surface area contributed by atoms with E-state index < -0.39 is 36.1 Å². The van der Waals surface area contributed by atoms with Gasteiger partial charge in [-0.1, -0.05) is 12.8 Å². The normalized spacial score (nSPS) is 12.5. The maximum Gasteiger partial charge on any atom is 0.335 e. The molecule has 0 radical (unpaired) electrons. The van der Waals surface area contributed by atoms with Crippen LogP contribution in [0.2, 0.25) is 0 Å². The molecule has 10 nitrogen and oxygen atoms in total. The monoisotopic (exact) mass is 324 g/mol. The van der Waals surface area contributed by atoms with Crippen molar-refractivity contribution < 1.29 is 49.8 Å². The minimum atomic E-state index is -2.27. The smallest absolute Gasteiger partial charge is 0.335 e. The highest BCUT2D eigenvalue weighted by molar-refractivity contribution is 5.83. The number of hydrogen-bond donors (Lipinski definition) is 6. The van der Waals surface area contributed by atoms with Gasteiger partial charge in [0.2, 0.25) is 0 Å². The maximum absolute atomic E-state index is 10.0. The largest absolute Gasteiger partial charge is 0.481 e. The molecule has 0 saturated carbocycles. The quantitative estimate of drug-likeness (QED) is 0.282. The lowest BCUT2D eigenvalue weighted by Crippen LogP contribution is -2.39. The summed E-state index contributed by atoms with van der Waals surface area (Å²) >= 11 is 0. The average molecular weight is 324 g/mol. The molecule has 0 aliphatic heterocycles. The highest BCUT2D eigenvalue weighted by Gasteiger charge is 2.29. The summed E-state index contributed by atoms with van der Waals surface area (Å²) in [5.41, 5.74) is 0. The second-order valence-corrected chi connectivity index (χ2v) is 4.27. The van der Waals surface area contributed by atoms with E-state index in [0.29, 0.717) is 12.8 Å². The molecule has 0 saturated heterocycles. The highest BCUT2D eigenvalue weighted by Crippen LogP contribution is 2.04. The van der Waals surface area contributed by atoms with E-state index >= 15 is 0 Å². The van der Waals surface area contributed by atoms with E-state index in [0.717, 1.165) is 12.8 Å². The van der Waals surface area contributed by atoms with Gasteiger partial charge in [0, 0.05) is 12.8 Å². The van der Waals surface area contributed by atoms with Crippen LogP contribution in [-0.2, 0) is 19.2 Å². The Morgan fingerprint density at radius 3 is 1.05 bits per heavy atom. The molecule has 2 atom stereocenters. The van der Waals surface area contributed by atoms with Crippen molar-refractivity contribution in [3.8, 4) is 0 Å². The Morgan fingerprint density at radius 2 is 0.864 bits per heavy atom. The standard InChI is InChI=1S/C8H14O4.C4H6O6/c9-7(10)5-3-1-2-4-6-8(11)12;5-1(3(7)8)2(6)4(9)10/h1-6H2,(H,9,10)(H,11,12);1-2,5-6H,(H,7,8)(H,9,10). The van der Waals surface area contributed by atoms with Gasteiger partial charge in [-0.25, -0.2) is 9.59 Å². The van der Waals surface area contributed by atoms with Crippen LogP contribution in [0.4, 0.5) is 0 Å². The topological polar surface area (TPSA) is 190 Å². The summed E-state index contributed by atoms with van der Waals surface area (Å²) in [5, 5.41) is 49.1. The number of rotatable bonds is 10.